The summed E-state index contributed by atoms with van der Waals surface area (Å²) in [6, 6.07) is 5.08. The van der Waals surface area contributed by atoms with Gasteiger partial charge in [-0.15, -0.1) is 0 Å². The van der Waals surface area contributed by atoms with Crippen LogP contribution in [0.2, 0.25) is 0 Å². The van der Waals surface area contributed by atoms with Crippen LogP contribution in [0.3, 0.4) is 0 Å². The molecule has 1 saturated heterocycles. The lowest BCUT2D eigenvalue weighted by Gasteiger charge is -2.32. The molecule has 21 heavy (non-hydrogen) atoms. The Kier molecular flexibility index (Phi) is 6.42. The Balaban J connectivity index is 2.02. The lowest BCUT2D eigenvalue weighted by molar-refractivity contribution is -0.0282. The SMILES string of the molecule is COCCNCC1CCCOC1c1ccc(OC)c(F)c1. The fourth-order valence-electron chi connectivity index (χ4n) is 2.74. The highest BCUT2D eigenvalue weighted by molar-refractivity contribution is 5.31. The Hall–Kier alpha value is -1.17. The monoisotopic (exact) mass is 297 g/mol. The highest BCUT2D eigenvalue weighted by atomic mass is 19.1. The van der Waals surface area contributed by atoms with Crippen molar-refractivity contribution < 1.29 is 18.6 Å². The van der Waals surface area contributed by atoms with Gasteiger partial charge < -0.3 is 19.5 Å². The molecule has 1 N–H and O–H groups in total. The maximum Gasteiger partial charge on any atom is 0.165 e. The van der Waals surface area contributed by atoms with Crippen LogP contribution in [0.1, 0.15) is 24.5 Å². The van der Waals surface area contributed by atoms with Gasteiger partial charge in [0.2, 0.25) is 0 Å². The molecule has 0 bridgehead atoms. The molecule has 0 radical (unpaired) electrons. The van der Waals surface area contributed by atoms with Gasteiger partial charge >= 0.3 is 0 Å². The van der Waals surface area contributed by atoms with Crippen molar-refractivity contribution in [2.75, 3.05) is 40.5 Å². The van der Waals surface area contributed by atoms with Crippen LogP contribution in [-0.4, -0.2) is 40.5 Å². The van der Waals surface area contributed by atoms with Crippen LogP contribution >= 0.6 is 0 Å². The summed E-state index contributed by atoms with van der Waals surface area (Å²) in [5.41, 5.74) is 0.881. The molecule has 2 unspecified atom stereocenters. The van der Waals surface area contributed by atoms with Crippen molar-refractivity contribution in [2.45, 2.75) is 18.9 Å². The second-order valence-electron chi connectivity index (χ2n) is 5.28. The summed E-state index contributed by atoms with van der Waals surface area (Å²) in [5.74, 6) is 0.281. The molecule has 1 aliphatic rings. The number of benzene rings is 1. The van der Waals surface area contributed by atoms with Crippen LogP contribution in [0.5, 0.6) is 5.75 Å². The van der Waals surface area contributed by atoms with Crippen molar-refractivity contribution in [1.29, 1.82) is 0 Å². The first kappa shape index (κ1) is 16.2. The van der Waals surface area contributed by atoms with E-state index in [0.29, 0.717) is 12.5 Å². The van der Waals surface area contributed by atoms with Gasteiger partial charge in [-0.3, -0.25) is 0 Å². The molecule has 0 saturated carbocycles. The van der Waals surface area contributed by atoms with Gasteiger partial charge in [-0.1, -0.05) is 6.07 Å². The fraction of sp³-hybridized carbons (Fsp3) is 0.625. The van der Waals surface area contributed by atoms with E-state index in [1.165, 1.54) is 13.2 Å². The Labute approximate surface area is 125 Å². The minimum atomic E-state index is -0.338. The van der Waals surface area contributed by atoms with E-state index in [-0.39, 0.29) is 17.7 Å². The van der Waals surface area contributed by atoms with E-state index in [2.05, 4.69) is 5.32 Å². The number of nitrogens with one attached hydrogen (secondary N) is 1. The van der Waals surface area contributed by atoms with Crippen LogP contribution in [0.15, 0.2) is 18.2 Å². The summed E-state index contributed by atoms with van der Waals surface area (Å²) in [5, 5.41) is 3.37. The quantitative estimate of drug-likeness (QED) is 0.785. The fourth-order valence-corrected chi connectivity index (χ4v) is 2.74. The second-order valence-corrected chi connectivity index (χ2v) is 5.28. The lowest BCUT2D eigenvalue weighted by atomic mass is 9.89. The molecule has 1 aliphatic heterocycles. The second kappa shape index (κ2) is 8.32. The van der Waals surface area contributed by atoms with E-state index >= 15 is 0 Å². The summed E-state index contributed by atoms with van der Waals surface area (Å²) >= 11 is 0. The largest absolute Gasteiger partial charge is 0.494 e. The average molecular weight is 297 g/mol. The van der Waals surface area contributed by atoms with Gasteiger partial charge in [-0.2, -0.15) is 0 Å². The minimum Gasteiger partial charge on any atom is -0.494 e. The molecule has 5 heteroatoms. The van der Waals surface area contributed by atoms with E-state index < -0.39 is 0 Å². The van der Waals surface area contributed by atoms with Crippen LogP contribution in [0.4, 0.5) is 4.39 Å². The van der Waals surface area contributed by atoms with Gasteiger partial charge in [0.1, 0.15) is 0 Å². The smallest absolute Gasteiger partial charge is 0.165 e. The first-order valence-electron chi connectivity index (χ1n) is 7.41. The molecule has 0 aromatic heterocycles. The molecule has 1 aromatic rings. The maximum absolute atomic E-state index is 13.9. The summed E-state index contributed by atoms with van der Waals surface area (Å²) in [6.07, 6.45) is 2.07. The van der Waals surface area contributed by atoms with Crippen molar-refractivity contribution in [3.05, 3.63) is 29.6 Å². The Morgan fingerprint density at radius 2 is 2.24 bits per heavy atom. The molecule has 1 heterocycles. The predicted molar refractivity (Wildman–Crippen MR) is 79.1 cm³/mol. The molecule has 0 spiro atoms. The van der Waals surface area contributed by atoms with Gasteiger partial charge in [0.15, 0.2) is 11.6 Å². The standard InChI is InChI=1S/C16H24FNO3/c1-19-9-7-18-11-13-4-3-8-21-16(13)12-5-6-15(20-2)14(17)10-12/h5-6,10,13,16,18H,3-4,7-9,11H2,1-2H3. The van der Waals surface area contributed by atoms with E-state index in [1.54, 1.807) is 13.2 Å². The summed E-state index contributed by atoms with van der Waals surface area (Å²) in [4.78, 5) is 0. The predicted octanol–water partition coefficient (Wildman–Crippen LogP) is 2.54. The van der Waals surface area contributed by atoms with Crippen LogP contribution in [0.25, 0.3) is 0 Å². The molecular formula is C16H24FNO3. The zero-order valence-electron chi connectivity index (χ0n) is 12.7. The normalized spacial score (nSPS) is 22.2. The van der Waals surface area contributed by atoms with Crippen molar-refractivity contribution in [2.24, 2.45) is 5.92 Å². The number of hydrogen-bond acceptors (Lipinski definition) is 4. The third kappa shape index (κ3) is 4.40. The van der Waals surface area contributed by atoms with Crippen molar-refractivity contribution in [3.8, 4) is 5.75 Å². The average Bonchev–Trinajstić information content (AvgIpc) is 2.52. The highest BCUT2D eigenvalue weighted by Gasteiger charge is 2.27. The van der Waals surface area contributed by atoms with Gasteiger partial charge in [-0.25, -0.2) is 4.39 Å². The lowest BCUT2D eigenvalue weighted by Crippen LogP contribution is -2.33. The molecule has 2 rings (SSSR count). The third-order valence-electron chi connectivity index (χ3n) is 3.84. The van der Waals surface area contributed by atoms with E-state index in [4.69, 9.17) is 14.2 Å². The molecule has 118 valence electrons. The zero-order chi connectivity index (χ0) is 15.1. The van der Waals surface area contributed by atoms with Crippen LogP contribution in [-0.2, 0) is 9.47 Å². The molecule has 0 amide bonds. The van der Waals surface area contributed by atoms with Crippen molar-refractivity contribution in [1.82, 2.24) is 5.32 Å². The summed E-state index contributed by atoms with van der Waals surface area (Å²) in [6.45, 7) is 3.08. The van der Waals surface area contributed by atoms with Gasteiger partial charge in [0, 0.05) is 32.7 Å². The van der Waals surface area contributed by atoms with E-state index in [9.17, 15) is 4.39 Å². The molecule has 1 fully saturated rings. The number of ether oxygens (including phenoxy) is 3. The van der Waals surface area contributed by atoms with Crippen LogP contribution in [0, 0.1) is 11.7 Å². The number of halogens is 1. The van der Waals surface area contributed by atoms with Gasteiger partial charge in [0.05, 0.1) is 19.8 Å². The maximum atomic E-state index is 13.9. The topological polar surface area (TPSA) is 39.7 Å². The first-order valence-corrected chi connectivity index (χ1v) is 7.41. The number of rotatable bonds is 7. The Bertz CT molecular complexity index is 442. The molecule has 2 atom stereocenters. The number of hydrogen-bond donors (Lipinski definition) is 1. The van der Waals surface area contributed by atoms with E-state index in [1.807, 2.05) is 6.07 Å². The Morgan fingerprint density at radius 3 is 2.95 bits per heavy atom. The highest BCUT2D eigenvalue weighted by Crippen LogP contribution is 2.34. The minimum absolute atomic E-state index is 0.0609. The zero-order valence-corrected chi connectivity index (χ0v) is 12.7. The van der Waals surface area contributed by atoms with Gasteiger partial charge in [0.25, 0.3) is 0 Å². The molecule has 1 aromatic carbocycles. The van der Waals surface area contributed by atoms with Crippen molar-refractivity contribution >= 4 is 0 Å². The molecule has 0 aliphatic carbocycles. The third-order valence-corrected chi connectivity index (χ3v) is 3.84. The molecular weight excluding hydrogens is 273 g/mol. The Morgan fingerprint density at radius 1 is 1.38 bits per heavy atom. The summed E-state index contributed by atoms with van der Waals surface area (Å²) in [7, 11) is 3.16. The first-order chi connectivity index (χ1) is 10.3. The van der Waals surface area contributed by atoms with Crippen LogP contribution < -0.4 is 10.1 Å². The number of methoxy groups -OCH3 is 2. The van der Waals surface area contributed by atoms with Crippen molar-refractivity contribution in [3.63, 3.8) is 0 Å². The summed E-state index contributed by atoms with van der Waals surface area (Å²) < 4.78 is 29.7. The van der Waals surface area contributed by atoms with E-state index in [0.717, 1.165) is 38.1 Å². The van der Waals surface area contributed by atoms with Gasteiger partial charge in [-0.05, 0) is 30.5 Å². The molecule has 4 nitrogen and oxygen atoms in total.